The summed E-state index contributed by atoms with van der Waals surface area (Å²) in [5, 5.41) is 10.8. The normalized spacial score (nSPS) is 15.4. The highest BCUT2D eigenvalue weighted by molar-refractivity contribution is 7.98. The minimum absolute atomic E-state index is 0.238. The first-order valence-corrected chi connectivity index (χ1v) is 11.2. The average molecular weight is 402 g/mol. The van der Waals surface area contributed by atoms with Crippen LogP contribution in [0.4, 0.5) is 0 Å². The Morgan fingerprint density at radius 3 is 2.93 bits per heavy atom. The van der Waals surface area contributed by atoms with Gasteiger partial charge in [0.1, 0.15) is 5.01 Å². The first-order valence-electron chi connectivity index (χ1n) is 9.41. The van der Waals surface area contributed by atoms with E-state index in [0.717, 1.165) is 59.6 Å². The van der Waals surface area contributed by atoms with Gasteiger partial charge in [0, 0.05) is 19.5 Å². The highest BCUT2D eigenvalue weighted by Crippen LogP contribution is 2.28. The number of hydrogen-bond acceptors (Lipinski definition) is 6. The molecule has 0 atom stereocenters. The summed E-state index contributed by atoms with van der Waals surface area (Å²) in [5.74, 6) is 1.89. The number of aromatic nitrogens is 4. The first-order chi connectivity index (χ1) is 13.2. The Morgan fingerprint density at radius 2 is 2.07 bits per heavy atom. The van der Waals surface area contributed by atoms with Crippen LogP contribution in [0.2, 0.25) is 0 Å². The van der Waals surface area contributed by atoms with Crippen LogP contribution in [0, 0.1) is 0 Å². The number of rotatable bonds is 6. The molecule has 3 aromatic rings. The second-order valence-corrected chi connectivity index (χ2v) is 8.69. The van der Waals surface area contributed by atoms with Crippen molar-refractivity contribution in [1.82, 2.24) is 24.6 Å². The fourth-order valence-electron chi connectivity index (χ4n) is 3.34. The number of likely N-dealkylation sites (tertiary alicyclic amines) is 1. The molecule has 1 saturated heterocycles. The van der Waals surface area contributed by atoms with Crippen molar-refractivity contribution in [3.8, 4) is 0 Å². The van der Waals surface area contributed by atoms with E-state index in [-0.39, 0.29) is 5.91 Å². The maximum absolute atomic E-state index is 12.3. The van der Waals surface area contributed by atoms with Crippen molar-refractivity contribution in [3.63, 3.8) is 0 Å². The molecule has 0 unspecified atom stereocenters. The Morgan fingerprint density at radius 1 is 1.19 bits per heavy atom. The molecule has 1 fully saturated rings. The van der Waals surface area contributed by atoms with Crippen LogP contribution >= 0.6 is 23.1 Å². The van der Waals surface area contributed by atoms with E-state index in [1.165, 1.54) is 4.70 Å². The summed E-state index contributed by atoms with van der Waals surface area (Å²) in [6.45, 7) is 4.27. The van der Waals surface area contributed by atoms with Crippen LogP contribution in [0.5, 0.6) is 0 Å². The van der Waals surface area contributed by atoms with Crippen molar-refractivity contribution in [2.45, 2.75) is 56.6 Å². The van der Waals surface area contributed by atoms with E-state index >= 15 is 0 Å². The first kappa shape index (κ1) is 18.4. The van der Waals surface area contributed by atoms with Crippen molar-refractivity contribution < 1.29 is 4.79 Å². The standard InChI is InChI=1S/C19H23N5OS2/c1-2-24-16(12-23-11-7-3-4-10-18(23)25)21-22-19(24)26-13-17-20-14-8-5-6-9-15(14)27-17/h5-6,8-9H,2-4,7,10-13H2,1H3. The Balaban J connectivity index is 1.46. The second kappa shape index (κ2) is 8.39. The number of amides is 1. The SMILES string of the molecule is CCn1c(CN2CCCCCC2=O)nnc1SCc1nc2ccccc2s1. The molecule has 8 heteroatoms. The molecule has 3 heterocycles. The maximum Gasteiger partial charge on any atom is 0.222 e. The van der Waals surface area contributed by atoms with E-state index in [0.29, 0.717) is 13.0 Å². The summed E-state index contributed by atoms with van der Waals surface area (Å²) in [6, 6.07) is 8.21. The van der Waals surface area contributed by atoms with Crippen LogP contribution in [0.15, 0.2) is 29.4 Å². The minimum Gasteiger partial charge on any atom is -0.335 e. The predicted octanol–water partition coefficient (Wildman–Crippen LogP) is 4.10. The van der Waals surface area contributed by atoms with Gasteiger partial charge in [0.25, 0.3) is 0 Å². The molecule has 4 rings (SSSR count). The predicted molar refractivity (Wildman–Crippen MR) is 109 cm³/mol. The van der Waals surface area contributed by atoms with Gasteiger partial charge >= 0.3 is 0 Å². The molecular formula is C19H23N5OS2. The molecule has 1 aromatic carbocycles. The van der Waals surface area contributed by atoms with E-state index < -0.39 is 0 Å². The quantitative estimate of drug-likeness (QED) is 0.582. The topological polar surface area (TPSA) is 63.9 Å². The molecule has 2 aromatic heterocycles. The van der Waals surface area contributed by atoms with Crippen LogP contribution in [0.25, 0.3) is 10.2 Å². The third-order valence-corrected chi connectivity index (χ3v) is 6.97. The average Bonchev–Trinajstić information content (AvgIpc) is 3.21. The number of para-hydroxylation sites is 1. The second-order valence-electron chi connectivity index (χ2n) is 6.63. The zero-order valence-corrected chi connectivity index (χ0v) is 17.1. The molecule has 142 valence electrons. The van der Waals surface area contributed by atoms with Gasteiger partial charge < -0.3 is 9.47 Å². The molecule has 0 radical (unpaired) electrons. The highest BCUT2D eigenvalue weighted by atomic mass is 32.2. The number of fused-ring (bicyclic) bond motifs is 1. The van der Waals surface area contributed by atoms with Gasteiger partial charge in [-0.25, -0.2) is 4.98 Å². The van der Waals surface area contributed by atoms with Gasteiger partial charge in [-0.05, 0) is 31.9 Å². The number of nitrogens with zero attached hydrogens (tertiary/aromatic N) is 5. The summed E-state index contributed by atoms with van der Waals surface area (Å²) in [5.41, 5.74) is 1.05. The Bertz CT molecular complexity index is 902. The van der Waals surface area contributed by atoms with Gasteiger partial charge in [0.15, 0.2) is 11.0 Å². The lowest BCUT2D eigenvalue weighted by Crippen LogP contribution is -2.31. The number of thiazole rings is 1. The Kier molecular flexibility index (Phi) is 5.73. The van der Waals surface area contributed by atoms with Crippen molar-refractivity contribution >= 4 is 39.2 Å². The lowest BCUT2D eigenvalue weighted by molar-refractivity contribution is -0.131. The van der Waals surface area contributed by atoms with Gasteiger partial charge in [-0.2, -0.15) is 0 Å². The van der Waals surface area contributed by atoms with Crippen LogP contribution in [0.1, 0.15) is 43.4 Å². The van der Waals surface area contributed by atoms with E-state index in [2.05, 4.69) is 27.8 Å². The smallest absolute Gasteiger partial charge is 0.222 e. The lowest BCUT2D eigenvalue weighted by Gasteiger charge is -2.20. The largest absolute Gasteiger partial charge is 0.335 e. The van der Waals surface area contributed by atoms with E-state index in [1.54, 1.807) is 23.1 Å². The number of benzene rings is 1. The van der Waals surface area contributed by atoms with Gasteiger partial charge in [-0.15, -0.1) is 21.5 Å². The molecule has 6 nitrogen and oxygen atoms in total. The van der Waals surface area contributed by atoms with Crippen molar-refractivity contribution in [2.24, 2.45) is 0 Å². The third-order valence-electron chi connectivity index (χ3n) is 4.78. The third kappa shape index (κ3) is 4.16. The van der Waals surface area contributed by atoms with Crippen molar-refractivity contribution in [3.05, 3.63) is 35.1 Å². The number of carbonyl (C=O) groups is 1. The van der Waals surface area contributed by atoms with E-state index in [9.17, 15) is 4.79 Å². The lowest BCUT2D eigenvalue weighted by atomic mass is 10.2. The molecule has 0 bridgehead atoms. The Labute approximate surface area is 167 Å². The van der Waals surface area contributed by atoms with Gasteiger partial charge in [0.05, 0.1) is 22.5 Å². The Hall–Kier alpha value is -1.93. The molecule has 0 saturated carbocycles. The fourth-order valence-corrected chi connectivity index (χ4v) is 5.33. The molecule has 0 N–H and O–H groups in total. The molecule has 0 spiro atoms. The molecule has 1 aliphatic rings. The van der Waals surface area contributed by atoms with E-state index in [1.807, 2.05) is 23.1 Å². The summed E-state index contributed by atoms with van der Waals surface area (Å²) in [4.78, 5) is 18.9. The summed E-state index contributed by atoms with van der Waals surface area (Å²) in [6.07, 6.45) is 3.86. The molecule has 1 aliphatic heterocycles. The van der Waals surface area contributed by atoms with Crippen LogP contribution in [0.3, 0.4) is 0 Å². The van der Waals surface area contributed by atoms with Gasteiger partial charge in [-0.3, -0.25) is 4.79 Å². The minimum atomic E-state index is 0.238. The zero-order valence-electron chi connectivity index (χ0n) is 15.4. The maximum atomic E-state index is 12.3. The number of thioether (sulfide) groups is 1. The fraction of sp³-hybridized carbons (Fsp3) is 0.474. The summed E-state index contributed by atoms with van der Waals surface area (Å²) >= 11 is 3.39. The van der Waals surface area contributed by atoms with Crippen LogP contribution < -0.4 is 0 Å². The van der Waals surface area contributed by atoms with Crippen LogP contribution in [-0.2, 0) is 23.6 Å². The van der Waals surface area contributed by atoms with Gasteiger partial charge in [0.2, 0.25) is 5.91 Å². The number of hydrogen-bond donors (Lipinski definition) is 0. The monoisotopic (exact) mass is 401 g/mol. The molecule has 1 amide bonds. The molecule has 27 heavy (non-hydrogen) atoms. The van der Waals surface area contributed by atoms with Crippen molar-refractivity contribution in [2.75, 3.05) is 6.54 Å². The van der Waals surface area contributed by atoms with Crippen molar-refractivity contribution in [1.29, 1.82) is 0 Å². The summed E-state index contributed by atoms with van der Waals surface area (Å²) in [7, 11) is 0. The number of carbonyl (C=O) groups excluding carboxylic acids is 1. The summed E-state index contributed by atoms with van der Waals surface area (Å²) < 4.78 is 3.33. The van der Waals surface area contributed by atoms with E-state index in [4.69, 9.17) is 4.98 Å². The highest BCUT2D eigenvalue weighted by Gasteiger charge is 2.20. The zero-order chi connectivity index (χ0) is 18.6. The molecular weight excluding hydrogens is 378 g/mol. The molecule has 0 aliphatic carbocycles. The van der Waals surface area contributed by atoms with Gasteiger partial charge in [-0.1, -0.05) is 30.3 Å². The van der Waals surface area contributed by atoms with Crippen LogP contribution in [-0.4, -0.2) is 37.1 Å².